The van der Waals surface area contributed by atoms with E-state index in [1.165, 1.54) is 0 Å². The number of hydrogen-bond acceptors (Lipinski definition) is 2. The molecule has 1 heterocycles. The fraction of sp³-hybridized carbons (Fsp3) is 0.571. The van der Waals surface area contributed by atoms with Crippen molar-refractivity contribution in [2.24, 2.45) is 5.92 Å². The van der Waals surface area contributed by atoms with Crippen molar-refractivity contribution in [3.8, 4) is 0 Å². The number of carbonyl (C=O) groups is 1. The Morgan fingerprint density at radius 1 is 1.44 bits per heavy atom. The van der Waals surface area contributed by atoms with E-state index in [1.807, 2.05) is 20.9 Å². The van der Waals surface area contributed by atoms with Crippen LogP contribution in [0, 0.1) is 12.8 Å². The molecule has 0 fully saturated rings. The Balaban J connectivity index is 2.86. The quantitative estimate of drug-likeness (QED) is 0.837. The predicted molar refractivity (Wildman–Crippen MR) is 75.0 cm³/mol. The standard InChI is InChI=1S/C14H21ClN2O/c1-9(2)6-11(4)17(5)14(18)12-8-16-10(3)7-13(12)15/h7-9,11H,6H2,1-5H3. The second-order valence-corrected chi connectivity index (χ2v) is 5.61. The number of halogens is 1. The largest absolute Gasteiger partial charge is 0.339 e. The molecule has 0 bridgehead atoms. The first-order valence-corrected chi connectivity index (χ1v) is 6.60. The van der Waals surface area contributed by atoms with E-state index >= 15 is 0 Å². The molecule has 1 atom stereocenters. The molecule has 4 heteroatoms. The van der Waals surface area contributed by atoms with E-state index in [9.17, 15) is 4.79 Å². The topological polar surface area (TPSA) is 33.2 Å². The molecule has 3 nitrogen and oxygen atoms in total. The van der Waals surface area contributed by atoms with Gasteiger partial charge in [0.15, 0.2) is 0 Å². The zero-order valence-electron chi connectivity index (χ0n) is 11.7. The Labute approximate surface area is 114 Å². The Hall–Kier alpha value is -1.09. The molecule has 100 valence electrons. The van der Waals surface area contributed by atoms with Gasteiger partial charge in [0.1, 0.15) is 0 Å². The van der Waals surface area contributed by atoms with Gasteiger partial charge in [-0.2, -0.15) is 0 Å². The van der Waals surface area contributed by atoms with E-state index in [1.54, 1.807) is 17.2 Å². The molecule has 1 aromatic heterocycles. The number of aromatic nitrogens is 1. The minimum Gasteiger partial charge on any atom is -0.339 e. The first-order chi connectivity index (χ1) is 8.32. The van der Waals surface area contributed by atoms with Crippen molar-refractivity contribution in [2.75, 3.05) is 7.05 Å². The van der Waals surface area contributed by atoms with Crippen LogP contribution in [-0.4, -0.2) is 28.9 Å². The van der Waals surface area contributed by atoms with Gasteiger partial charge < -0.3 is 4.90 Å². The highest BCUT2D eigenvalue weighted by atomic mass is 35.5. The summed E-state index contributed by atoms with van der Waals surface area (Å²) < 4.78 is 0. The summed E-state index contributed by atoms with van der Waals surface area (Å²) >= 11 is 6.09. The molecule has 0 aliphatic rings. The minimum atomic E-state index is -0.0688. The second-order valence-electron chi connectivity index (χ2n) is 5.20. The number of amides is 1. The molecule has 0 aliphatic heterocycles. The van der Waals surface area contributed by atoms with Gasteiger partial charge in [-0.15, -0.1) is 0 Å². The molecule has 0 spiro atoms. The van der Waals surface area contributed by atoms with Crippen LogP contribution in [0.1, 0.15) is 43.2 Å². The zero-order valence-corrected chi connectivity index (χ0v) is 12.5. The summed E-state index contributed by atoms with van der Waals surface area (Å²) in [6, 6.07) is 1.91. The highest BCUT2D eigenvalue weighted by molar-refractivity contribution is 6.33. The smallest absolute Gasteiger partial charge is 0.256 e. The van der Waals surface area contributed by atoms with Crippen LogP contribution in [0.25, 0.3) is 0 Å². The van der Waals surface area contributed by atoms with E-state index in [4.69, 9.17) is 11.6 Å². The summed E-state index contributed by atoms with van der Waals surface area (Å²) in [6.45, 7) is 8.20. The molecule has 0 saturated carbocycles. The molecule has 0 saturated heterocycles. The van der Waals surface area contributed by atoms with E-state index in [-0.39, 0.29) is 11.9 Å². The number of rotatable bonds is 4. The maximum atomic E-state index is 12.3. The highest BCUT2D eigenvalue weighted by Gasteiger charge is 2.20. The van der Waals surface area contributed by atoms with Crippen LogP contribution in [0.2, 0.25) is 5.02 Å². The van der Waals surface area contributed by atoms with Gasteiger partial charge in [0.2, 0.25) is 0 Å². The minimum absolute atomic E-state index is 0.0688. The molecule has 0 radical (unpaired) electrons. The van der Waals surface area contributed by atoms with E-state index in [0.29, 0.717) is 16.5 Å². The Kier molecular flexibility index (Phi) is 5.15. The average Bonchev–Trinajstić information content (AvgIpc) is 2.26. The summed E-state index contributed by atoms with van der Waals surface area (Å²) in [5.41, 5.74) is 1.29. The summed E-state index contributed by atoms with van der Waals surface area (Å²) in [5, 5.41) is 0.469. The molecule has 1 rings (SSSR count). The molecule has 1 aromatic rings. The monoisotopic (exact) mass is 268 g/mol. The number of carbonyl (C=O) groups excluding carboxylic acids is 1. The van der Waals surface area contributed by atoms with Crippen molar-refractivity contribution in [1.29, 1.82) is 0 Å². The lowest BCUT2D eigenvalue weighted by Gasteiger charge is -2.26. The molecule has 0 aliphatic carbocycles. The van der Waals surface area contributed by atoms with Gasteiger partial charge in [0, 0.05) is 25.0 Å². The first kappa shape index (κ1) is 15.0. The fourth-order valence-electron chi connectivity index (χ4n) is 1.91. The summed E-state index contributed by atoms with van der Waals surface area (Å²) in [6.07, 6.45) is 2.53. The molecular formula is C14H21ClN2O. The molecular weight excluding hydrogens is 248 g/mol. The maximum absolute atomic E-state index is 12.3. The lowest BCUT2D eigenvalue weighted by molar-refractivity contribution is 0.0728. The number of aryl methyl sites for hydroxylation is 1. The van der Waals surface area contributed by atoms with Crippen LogP contribution in [0.15, 0.2) is 12.3 Å². The van der Waals surface area contributed by atoms with E-state index in [2.05, 4.69) is 18.8 Å². The molecule has 0 N–H and O–H groups in total. The van der Waals surface area contributed by atoms with Crippen LogP contribution in [0.4, 0.5) is 0 Å². The molecule has 1 amide bonds. The third-order valence-corrected chi connectivity index (χ3v) is 3.33. The van der Waals surface area contributed by atoms with Crippen molar-refractivity contribution < 1.29 is 4.79 Å². The van der Waals surface area contributed by atoms with Crippen LogP contribution in [-0.2, 0) is 0 Å². The predicted octanol–water partition coefficient (Wildman–Crippen LogP) is 3.55. The van der Waals surface area contributed by atoms with Gasteiger partial charge in [0.25, 0.3) is 5.91 Å². The zero-order chi connectivity index (χ0) is 13.9. The molecule has 1 unspecified atom stereocenters. The Morgan fingerprint density at radius 2 is 2.06 bits per heavy atom. The summed E-state index contributed by atoms with van der Waals surface area (Å²) in [7, 11) is 1.81. The van der Waals surface area contributed by atoms with Crippen molar-refractivity contribution in [1.82, 2.24) is 9.88 Å². The SMILES string of the molecule is Cc1cc(Cl)c(C(=O)N(C)C(C)CC(C)C)cn1. The summed E-state index contributed by atoms with van der Waals surface area (Å²) in [4.78, 5) is 18.2. The number of pyridine rings is 1. The van der Waals surface area contributed by atoms with Crippen LogP contribution < -0.4 is 0 Å². The van der Waals surface area contributed by atoms with Crippen molar-refractivity contribution in [3.63, 3.8) is 0 Å². The van der Waals surface area contributed by atoms with Crippen molar-refractivity contribution >= 4 is 17.5 Å². The second kappa shape index (κ2) is 6.19. The maximum Gasteiger partial charge on any atom is 0.256 e. The van der Waals surface area contributed by atoms with Crippen molar-refractivity contribution in [3.05, 3.63) is 28.5 Å². The first-order valence-electron chi connectivity index (χ1n) is 6.22. The van der Waals surface area contributed by atoms with Gasteiger partial charge in [0.05, 0.1) is 10.6 Å². The third kappa shape index (κ3) is 3.70. The van der Waals surface area contributed by atoms with E-state index in [0.717, 1.165) is 12.1 Å². The summed E-state index contributed by atoms with van der Waals surface area (Å²) in [5.74, 6) is 0.488. The van der Waals surface area contributed by atoms with Crippen LogP contribution >= 0.6 is 11.6 Å². The molecule has 18 heavy (non-hydrogen) atoms. The van der Waals surface area contributed by atoms with Gasteiger partial charge in [-0.25, -0.2) is 0 Å². The van der Waals surface area contributed by atoms with Gasteiger partial charge >= 0.3 is 0 Å². The lowest BCUT2D eigenvalue weighted by Crippen LogP contribution is -2.36. The average molecular weight is 269 g/mol. The molecule has 0 aromatic carbocycles. The van der Waals surface area contributed by atoms with Gasteiger partial charge in [-0.3, -0.25) is 9.78 Å². The lowest BCUT2D eigenvalue weighted by atomic mass is 10.0. The fourth-order valence-corrected chi connectivity index (χ4v) is 2.20. The Bertz CT molecular complexity index is 432. The van der Waals surface area contributed by atoms with Gasteiger partial charge in [-0.1, -0.05) is 25.4 Å². The van der Waals surface area contributed by atoms with E-state index < -0.39 is 0 Å². The van der Waals surface area contributed by atoms with Crippen molar-refractivity contribution in [2.45, 2.75) is 40.2 Å². The van der Waals surface area contributed by atoms with Gasteiger partial charge in [-0.05, 0) is 32.3 Å². The Morgan fingerprint density at radius 3 is 2.56 bits per heavy atom. The highest BCUT2D eigenvalue weighted by Crippen LogP contribution is 2.19. The van der Waals surface area contributed by atoms with Crippen LogP contribution in [0.3, 0.4) is 0 Å². The number of nitrogens with zero attached hydrogens (tertiary/aromatic N) is 2. The normalized spacial score (nSPS) is 12.6. The number of hydrogen-bond donors (Lipinski definition) is 0. The third-order valence-electron chi connectivity index (χ3n) is 3.01. The van der Waals surface area contributed by atoms with Crippen LogP contribution in [0.5, 0.6) is 0 Å².